The third-order valence-corrected chi connectivity index (χ3v) is 4.21. The molecule has 1 amide bonds. The number of nitrogens with zero attached hydrogens (tertiary/aromatic N) is 3. The molecule has 0 atom stereocenters. The average molecular weight is 397 g/mol. The van der Waals surface area contributed by atoms with Crippen molar-refractivity contribution in [3.8, 4) is 11.3 Å². The normalized spacial score (nSPS) is 10.9. The van der Waals surface area contributed by atoms with E-state index in [9.17, 15) is 18.0 Å². The molecule has 0 aliphatic rings. The van der Waals surface area contributed by atoms with E-state index < -0.39 is 17.5 Å². The van der Waals surface area contributed by atoms with Gasteiger partial charge in [-0.05, 0) is 36.4 Å². The number of anilines is 3. The third kappa shape index (κ3) is 3.49. The Hall–Kier alpha value is -3.88. The summed E-state index contributed by atoms with van der Waals surface area (Å²) in [5.74, 6) is -3.87. The van der Waals surface area contributed by atoms with Gasteiger partial charge in [0.05, 0.1) is 11.9 Å². The Kier molecular flexibility index (Phi) is 4.63. The lowest BCUT2D eigenvalue weighted by Gasteiger charge is -2.09. The van der Waals surface area contributed by atoms with E-state index in [4.69, 9.17) is 0 Å². The van der Waals surface area contributed by atoms with E-state index in [-0.39, 0.29) is 17.2 Å². The van der Waals surface area contributed by atoms with Crippen LogP contribution < -0.4 is 10.6 Å². The van der Waals surface area contributed by atoms with Crippen molar-refractivity contribution in [3.05, 3.63) is 72.4 Å². The number of hydrogen-bond donors (Lipinski definition) is 2. The molecule has 29 heavy (non-hydrogen) atoms. The topological polar surface area (TPSA) is 71.3 Å². The molecule has 0 bridgehead atoms. The molecule has 9 heteroatoms. The molecule has 0 unspecified atom stereocenters. The number of amides is 1. The molecule has 2 heterocycles. The quantitative estimate of drug-likeness (QED) is 0.497. The first-order valence-corrected chi connectivity index (χ1v) is 8.54. The van der Waals surface area contributed by atoms with Gasteiger partial charge in [0.2, 0.25) is 5.91 Å². The Morgan fingerprint density at radius 3 is 2.41 bits per heavy atom. The number of rotatable bonds is 4. The van der Waals surface area contributed by atoms with Crippen molar-refractivity contribution >= 4 is 28.7 Å². The summed E-state index contributed by atoms with van der Waals surface area (Å²) in [5.41, 5.74) is 1.84. The lowest BCUT2D eigenvalue weighted by Crippen LogP contribution is -2.05. The molecule has 2 N–H and O–H groups in total. The van der Waals surface area contributed by atoms with Crippen LogP contribution in [0.3, 0.4) is 0 Å². The van der Waals surface area contributed by atoms with Crippen LogP contribution in [0.2, 0.25) is 0 Å². The number of imidazole rings is 1. The number of carbonyl (C=O) groups excluding carboxylic acids is 1. The Labute approximate surface area is 163 Å². The average Bonchev–Trinajstić information content (AvgIpc) is 3.12. The van der Waals surface area contributed by atoms with Gasteiger partial charge in [-0.2, -0.15) is 0 Å². The highest BCUT2D eigenvalue weighted by atomic mass is 19.2. The number of halogens is 3. The third-order valence-electron chi connectivity index (χ3n) is 4.21. The lowest BCUT2D eigenvalue weighted by molar-refractivity contribution is -0.114. The number of carbonyl (C=O) groups is 1. The molecule has 6 nitrogen and oxygen atoms in total. The SMILES string of the molecule is CC(=O)Nc1ccc(Nc2nccn3c(-c4ccc(F)c(F)c4F)cnc23)cc1. The fraction of sp³-hybridized carbons (Fsp3) is 0.0500. The van der Waals surface area contributed by atoms with Crippen LogP contribution in [0.5, 0.6) is 0 Å². The molecule has 0 fully saturated rings. The zero-order valence-electron chi connectivity index (χ0n) is 15.1. The molecule has 146 valence electrons. The van der Waals surface area contributed by atoms with Gasteiger partial charge in [0.15, 0.2) is 28.9 Å². The Morgan fingerprint density at radius 2 is 1.69 bits per heavy atom. The second kappa shape index (κ2) is 7.27. The number of nitrogens with one attached hydrogen (secondary N) is 2. The van der Waals surface area contributed by atoms with Gasteiger partial charge >= 0.3 is 0 Å². The van der Waals surface area contributed by atoms with Gasteiger partial charge in [0, 0.05) is 36.3 Å². The summed E-state index contributed by atoms with van der Waals surface area (Å²) in [6.07, 6.45) is 4.38. The van der Waals surface area contributed by atoms with Crippen LogP contribution in [0.25, 0.3) is 16.9 Å². The minimum Gasteiger partial charge on any atom is -0.337 e. The second-order valence-corrected chi connectivity index (χ2v) is 6.22. The summed E-state index contributed by atoms with van der Waals surface area (Å²) in [6.45, 7) is 1.42. The van der Waals surface area contributed by atoms with Crippen LogP contribution >= 0.6 is 0 Å². The number of fused-ring (bicyclic) bond motifs is 1. The molecule has 4 aromatic rings. The first-order chi connectivity index (χ1) is 13.9. The molecule has 0 aliphatic heterocycles. The standard InChI is InChI=1S/C20H14F3N5O/c1-11(29)26-12-2-4-13(5-3-12)27-19-20-25-10-16(28(20)9-8-24-19)14-6-7-15(21)18(23)17(14)22/h2-10H,1H3,(H,24,27)(H,26,29). The van der Waals surface area contributed by atoms with Gasteiger partial charge in [0.1, 0.15) is 0 Å². The van der Waals surface area contributed by atoms with Crippen LogP contribution in [-0.4, -0.2) is 20.3 Å². The minimum atomic E-state index is -1.54. The summed E-state index contributed by atoms with van der Waals surface area (Å²) in [6, 6.07) is 8.95. The van der Waals surface area contributed by atoms with Crippen molar-refractivity contribution < 1.29 is 18.0 Å². The van der Waals surface area contributed by atoms with Gasteiger partial charge in [-0.3, -0.25) is 9.20 Å². The maximum atomic E-state index is 14.2. The molecule has 0 spiro atoms. The molecule has 4 rings (SSSR count). The number of aromatic nitrogens is 3. The zero-order valence-corrected chi connectivity index (χ0v) is 15.1. The van der Waals surface area contributed by atoms with Crippen LogP contribution in [0.1, 0.15) is 6.92 Å². The van der Waals surface area contributed by atoms with E-state index in [2.05, 4.69) is 20.6 Å². The number of hydrogen-bond acceptors (Lipinski definition) is 4. The Morgan fingerprint density at radius 1 is 0.966 bits per heavy atom. The monoisotopic (exact) mass is 397 g/mol. The molecule has 2 aromatic heterocycles. The van der Waals surface area contributed by atoms with E-state index in [0.717, 1.165) is 12.1 Å². The molecular formula is C20H14F3N5O. The summed E-state index contributed by atoms with van der Waals surface area (Å²) in [7, 11) is 0. The van der Waals surface area contributed by atoms with Crippen LogP contribution in [0, 0.1) is 17.5 Å². The molecule has 0 aliphatic carbocycles. The molecule has 0 saturated carbocycles. The van der Waals surface area contributed by atoms with E-state index in [1.54, 1.807) is 30.5 Å². The lowest BCUT2D eigenvalue weighted by atomic mass is 10.1. The van der Waals surface area contributed by atoms with Gasteiger partial charge in [-0.25, -0.2) is 23.1 Å². The van der Waals surface area contributed by atoms with Gasteiger partial charge < -0.3 is 10.6 Å². The first kappa shape index (κ1) is 18.5. The largest absolute Gasteiger partial charge is 0.337 e. The Bertz CT molecular complexity index is 1220. The summed E-state index contributed by atoms with van der Waals surface area (Å²) >= 11 is 0. The van der Waals surface area contributed by atoms with Crippen molar-refractivity contribution in [2.45, 2.75) is 6.92 Å². The molecular weight excluding hydrogens is 383 g/mol. The van der Waals surface area contributed by atoms with Crippen LogP contribution in [0.15, 0.2) is 55.0 Å². The van der Waals surface area contributed by atoms with Gasteiger partial charge in [0.25, 0.3) is 0 Å². The smallest absolute Gasteiger partial charge is 0.221 e. The summed E-state index contributed by atoms with van der Waals surface area (Å²) in [5, 5.41) is 5.76. The molecule has 2 aromatic carbocycles. The van der Waals surface area contributed by atoms with E-state index in [1.807, 2.05) is 0 Å². The van der Waals surface area contributed by atoms with Gasteiger partial charge in [-0.1, -0.05) is 0 Å². The summed E-state index contributed by atoms with van der Waals surface area (Å²) in [4.78, 5) is 19.6. The zero-order chi connectivity index (χ0) is 20.5. The maximum Gasteiger partial charge on any atom is 0.221 e. The van der Waals surface area contributed by atoms with Crippen molar-refractivity contribution in [1.82, 2.24) is 14.4 Å². The second-order valence-electron chi connectivity index (χ2n) is 6.22. The van der Waals surface area contributed by atoms with Crippen LogP contribution in [-0.2, 0) is 4.79 Å². The highest BCUT2D eigenvalue weighted by Crippen LogP contribution is 2.29. The fourth-order valence-electron chi connectivity index (χ4n) is 2.91. The Balaban J connectivity index is 1.70. The predicted octanol–water partition coefficient (Wildman–Crippen LogP) is 4.52. The van der Waals surface area contributed by atoms with Crippen molar-refractivity contribution in [1.29, 1.82) is 0 Å². The van der Waals surface area contributed by atoms with Crippen molar-refractivity contribution in [2.24, 2.45) is 0 Å². The van der Waals surface area contributed by atoms with Crippen molar-refractivity contribution in [3.63, 3.8) is 0 Å². The minimum absolute atomic E-state index is 0.117. The highest BCUT2D eigenvalue weighted by Gasteiger charge is 2.18. The first-order valence-electron chi connectivity index (χ1n) is 8.54. The summed E-state index contributed by atoms with van der Waals surface area (Å²) < 4.78 is 42.6. The maximum absolute atomic E-state index is 14.2. The van der Waals surface area contributed by atoms with Gasteiger partial charge in [-0.15, -0.1) is 0 Å². The number of benzene rings is 2. The molecule has 0 saturated heterocycles. The highest BCUT2D eigenvalue weighted by molar-refractivity contribution is 5.89. The molecule has 0 radical (unpaired) electrons. The fourth-order valence-corrected chi connectivity index (χ4v) is 2.91. The van der Waals surface area contributed by atoms with Crippen molar-refractivity contribution in [2.75, 3.05) is 10.6 Å². The predicted molar refractivity (Wildman–Crippen MR) is 102 cm³/mol. The van der Waals surface area contributed by atoms with E-state index in [0.29, 0.717) is 22.8 Å². The van der Waals surface area contributed by atoms with Crippen LogP contribution in [0.4, 0.5) is 30.4 Å². The van der Waals surface area contributed by atoms with E-state index >= 15 is 0 Å². The van der Waals surface area contributed by atoms with E-state index in [1.165, 1.54) is 23.7 Å².